The Bertz CT molecular complexity index is 878. The molecule has 29 heavy (non-hydrogen) atoms. The number of carbonyl (C=O) groups is 1. The first-order valence-electron chi connectivity index (χ1n) is 9.65. The molecule has 2 amide bonds. The van der Waals surface area contributed by atoms with Crippen molar-refractivity contribution in [2.45, 2.75) is 25.1 Å². The van der Waals surface area contributed by atoms with Crippen LogP contribution in [0.25, 0.3) is 11.0 Å². The highest BCUT2D eigenvalue weighted by Crippen LogP contribution is 2.35. The van der Waals surface area contributed by atoms with Crippen LogP contribution in [-0.2, 0) is 10.9 Å². The summed E-state index contributed by atoms with van der Waals surface area (Å²) in [7, 11) is 0. The molecule has 10 heteroatoms. The number of piperazine rings is 1. The molecule has 0 radical (unpaired) electrons. The molecular formula is C19H22F3N5O2. The van der Waals surface area contributed by atoms with Crippen molar-refractivity contribution in [1.29, 1.82) is 0 Å². The molecule has 4 rings (SSSR count). The summed E-state index contributed by atoms with van der Waals surface area (Å²) in [6.45, 7) is 2.29. The van der Waals surface area contributed by atoms with Crippen LogP contribution < -0.4 is 10.2 Å². The molecule has 0 saturated carbocycles. The number of fused-ring (bicyclic) bond motifs is 1. The zero-order valence-electron chi connectivity index (χ0n) is 15.8. The normalized spacial score (nSPS) is 20.3. The van der Waals surface area contributed by atoms with Gasteiger partial charge in [-0.1, -0.05) is 12.1 Å². The maximum absolute atomic E-state index is 13.6. The third kappa shape index (κ3) is 4.36. The summed E-state index contributed by atoms with van der Waals surface area (Å²) in [4.78, 5) is 23.5. The second-order valence-electron chi connectivity index (χ2n) is 7.18. The fourth-order valence-electron chi connectivity index (χ4n) is 3.64. The van der Waals surface area contributed by atoms with Gasteiger partial charge in [0.25, 0.3) is 0 Å². The molecular weight excluding hydrogens is 387 g/mol. The number of benzene rings is 1. The number of alkyl halides is 3. The lowest BCUT2D eigenvalue weighted by atomic mass is 10.2. The number of hydrogen-bond donors (Lipinski definition) is 1. The first-order valence-corrected chi connectivity index (χ1v) is 9.65. The highest BCUT2D eigenvalue weighted by Gasteiger charge is 2.39. The number of hydrogen-bond acceptors (Lipinski definition) is 5. The van der Waals surface area contributed by atoms with Crippen molar-refractivity contribution in [3.63, 3.8) is 0 Å². The van der Waals surface area contributed by atoms with Crippen LogP contribution in [0.5, 0.6) is 0 Å². The topological polar surface area (TPSA) is 70.6 Å². The fraction of sp³-hybridized carbons (Fsp3) is 0.526. The zero-order valence-corrected chi connectivity index (χ0v) is 15.8. The van der Waals surface area contributed by atoms with E-state index in [9.17, 15) is 18.0 Å². The largest absolute Gasteiger partial charge is 0.437 e. The van der Waals surface area contributed by atoms with Crippen LogP contribution in [0.15, 0.2) is 24.3 Å². The molecule has 2 saturated heterocycles. The highest BCUT2D eigenvalue weighted by atomic mass is 19.4. The van der Waals surface area contributed by atoms with Crippen molar-refractivity contribution in [2.75, 3.05) is 44.2 Å². The first kappa shape index (κ1) is 19.7. The Labute approximate surface area is 165 Å². The lowest BCUT2D eigenvalue weighted by Crippen LogP contribution is -2.53. The van der Waals surface area contributed by atoms with Gasteiger partial charge in [-0.2, -0.15) is 13.2 Å². The minimum absolute atomic E-state index is 0.0439. The lowest BCUT2D eigenvalue weighted by molar-refractivity contribution is -0.140. The Morgan fingerprint density at radius 2 is 1.83 bits per heavy atom. The molecule has 7 nitrogen and oxygen atoms in total. The summed E-state index contributed by atoms with van der Waals surface area (Å²) in [5.41, 5.74) is -0.379. The van der Waals surface area contributed by atoms with E-state index >= 15 is 0 Å². The summed E-state index contributed by atoms with van der Waals surface area (Å²) in [6.07, 6.45) is -2.65. The number of nitrogens with zero attached hydrogens (tertiary/aromatic N) is 4. The molecule has 1 atom stereocenters. The van der Waals surface area contributed by atoms with Crippen LogP contribution in [0.4, 0.5) is 23.8 Å². The maximum Gasteiger partial charge on any atom is 0.437 e. The van der Waals surface area contributed by atoms with Crippen molar-refractivity contribution in [2.24, 2.45) is 0 Å². The molecule has 156 valence electrons. The summed E-state index contributed by atoms with van der Waals surface area (Å²) >= 11 is 0. The zero-order chi connectivity index (χ0) is 20.4. The maximum atomic E-state index is 13.6. The number of carbonyl (C=O) groups excluding carboxylic acids is 1. The van der Waals surface area contributed by atoms with E-state index in [0.29, 0.717) is 31.8 Å². The van der Waals surface area contributed by atoms with Crippen molar-refractivity contribution in [1.82, 2.24) is 20.2 Å². The number of ether oxygens (including phenoxy) is 1. The van der Waals surface area contributed by atoms with Gasteiger partial charge in [-0.15, -0.1) is 0 Å². The molecule has 1 N–H and O–H groups in total. The second kappa shape index (κ2) is 8.02. The second-order valence-corrected chi connectivity index (χ2v) is 7.18. The Hall–Kier alpha value is -2.62. The number of urea groups is 1. The van der Waals surface area contributed by atoms with Crippen LogP contribution in [0.1, 0.15) is 18.5 Å². The average molecular weight is 409 g/mol. The van der Waals surface area contributed by atoms with Gasteiger partial charge in [0, 0.05) is 39.3 Å². The Morgan fingerprint density at radius 1 is 1.14 bits per heavy atom. The van der Waals surface area contributed by atoms with E-state index in [1.807, 2.05) is 0 Å². The summed E-state index contributed by atoms with van der Waals surface area (Å²) < 4.78 is 46.2. The number of amides is 2. The number of halogens is 3. The minimum atomic E-state index is -4.61. The third-order valence-corrected chi connectivity index (χ3v) is 5.19. The standard InChI is InChI=1S/C19H22F3N5O2/c20-19(21,22)16-17(25-15-6-2-1-5-14(15)24-16)26-7-9-27(10-8-26)18(28)23-12-13-4-3-11-29-13/h1-2,5-6,13H,3-4,7-12H2,(H,23,28). The minimum Gasteiger partial charge on any atom is -0.376 e. The van der Waals surface area contributed by atoms with Crippen LogP contribution in [0.2, 0.25) is 0 Å². The van der Waals surface area contributed by atoms with Crippen LogP contribution in [-0.4, -0.2) is 66.3 Å². The summed E-state index contributed by atoms with van der Waals surface area (Å²) in [5, 5.41) is 2.84. The molecule has 2 aliphatic rings. The van der Waals surface area contributed by atoms with Crippen LogP contribution in [0.3, 0.4) is 0 Å². The van der Waals surface area contributed by atoms with Gasteiger partial charge < -0.3 is 19.9 Å². The van der Waals surface area contributed by atoms with Gasteiger partial charge in [-0.05, 0) is 25.0 Å². The Balaban J connectivity index is 1.45. The molecule has 0 aliphatic carbocycles. The van der Waals surface area contributed by atoms with Gasteiger partial charge in [0.05, 0.1) is 17.1 Å². The lowest BCUT2D eigenvalue weighted by Gasteiger charge is -2.36. The van der Waals surface area contributed by atoms with E-state index in [4.69, 9.17) is 4.74 Å². The fourth-order valence-corrected chi connectivity index (χ4v) is 3.64. The average Bonchev–Trinajstić information content (AvgIpc) is 3.24. The van der Waals surface area contributed by atoms with E-state index in [-0.39, 0.29) is 36.6 Å². The van der Waals surface area contributed by atoms with Crippen molar-refractivity contribution < 1.29 is 22.7 Å². The van der Waals surface area contributed by atoms with Crippen molar-refractivity contribution in [3.8, 4) is 0 Å². The van der Waals surface area contributed by atoms with Crippen molar-refractivity contribution in [3.05, 3.63) is 30.0 Å². The monoisotopic (exact) mass is 409 g/mol. The number of aromatic nitrogens is 2. The quantitative estimate of drug-likeness (QED) is 0.844. The molecule has 2 fully saturated rings. The number of nitrogens with one attached hydrogen (secondary N) is 1. The number of anilines is 1. The first-order chi connectivity index (χ1) is 13.9. The van der Waals surface area contributed by atoms with Gasteiger partial charge in [0.1, 0.15) is 0 Å². The number of para-hydroxylation sites is 2. The van der Waals surface area contributed by atoms with E-state index in [0.717, 1.165) is 12.8 Å². The molecule has 2 aromatic rings. The van der Waals surface area contributed by atoms with Crippen molar-refractivity contribution >= 4 is 22.9 Å². The van der Waals surface area contributed by atoms with Gasteiger partial charge in [0.2, 0.25) is 0 Å². The summed E-state index contributed by atoms with van der Waals surface area (Å²) in [5.74, 6) is -0.185. The van der Waals surface area contributed by atoms with Gasteiger partial charge in [-0.25, -0.2) is 14.8 Å². The Kier molecular flexibility index (Phi) is 5.44. The molecule has 1 aromatic carbocycles. The third-order valence-electron chi connectivity index (χ3n) is 5.19. The molecule has 0 bridgehead atoms. The van der Waals surface area contributed by atoms with Crippen LogP contribution in [0, 0.1) is 0 Å². The smallest absolute Gasteiger partial charge is 0.376 e. The predicted molar refractivity (Wildman–Crippen MR) is 101 cm³/mol. The predicted octanol–water partition coefficient (Wildman–Crippen LogP) is 2.66. The Morgan fingerprint density at radius 3 is 2.45 bits per heavy atom. The van der Waals surface area contributed by atoms with E-state index in [1.165, 1.54) is 6.07 Å². The van der Waals surface area contributed by atoms with Crippen LogP contribution >= 0.6 is 0 Å². The molecule has 1 aromatic heterocycles. The van der Waals surface area contributed by atoms with E-state index in [2.05, 4.69) is 15.3 Å². The highest BCUT2D eigenvalue weighted by molar-refractivity contribution is 5.77. The van der Waals surface area contributed by atoms with Gasteiger partial charge >= 0.3 is 12.2 Å². The molecule has 0 spiro atoms. The van der Waals surface area contributed by atoms with Gasteiger partial charge in [0.15, 0.2) is 11.5 Å². The molecule has 1 unspecified atom stereocenters. The number of rotatable bonds is 3. The van der Waals surface area contributed by atoms with Gasteiger partial charge in [-0.3, -0.25) is 0 Å². The molecule has 2 aliphatic heterocycles. The van der Waals surface area contributed by atoms with E-state index < -0.39 is 11.9 Å². The van der Waals surface area contributed by atoms with E-state index in [1.54, 1.807) is 28.0 Å². The molecule has 3 heterocycles. The SMILES string of the molecule is O=C(NCC1CCCO1)N1CCN(c2nc3ccccc3nc2C(F)(F)F)CC1. The summed E-state index contributed by atoms with van der Waals surface area (Å²) in [6, 6.07) is 6.27.